The van der Waals surface area contributed by atoms with Crippen molar-refractivity contribution in [1.82, 2.24) is 0 Å². The summed E-state index contributed by atoms with van der Waals surface area (Å²) >= 11 is 0. The number of ether oxygens (including phenoxy) is 2. The Morgan fingerprint density at radius 2 is 1.95 bits per heavy atom. The van der Waals surface area contributed by atoms with Crippen LogP contribution in [0.1, 0.15) is 20.8 Å². The highest BCUT2D eigenvalue weighted by atomic mass is 16.6. The molecule has 1 amide bonds. The van der Waals surface area contributed by atoms with Gasteiger partial charge in [-0.15, -0.1) is 0 Å². The van der Waals surface area contributed by atoms with Crippen molar-refractivity contribution in [1.29, 1.82) is 0 Å². The van der Waals surface area contributed by atoms with Crippen LogP contribution in [0.3, 0.4) is 0 Å². The molecule has 0 saturated carbocycles. The molecule has 5 nitrogen and oxygen atoms in total. The molecular formula is C15H20N2O3. The number of fused-ring (bicyclic) bond motifs is 2. The van der Waals surface area contributed by atoms with Crippen molar-refractivity contribution in [3.63, 3.8) is 0 Å². The Morgan fingerprint density at radius 1 is 1.30 bits per heavy atom. The number of carbonyl (C=O) groups is 1. The van der Waals surface area contributed by atoms with Crippen molar-refractivity contribution in [2.75, 3.05) is 30.0 Å². The fraction of sp³-hybridized carbons (Fsp3) is 0.533. The number of hydrogen-bond donors (Lipinski definition) is 1. The first-order valence-corrected chi connectivity index (χ1v) is 7.13. The number of nitrogens with zero attached hydrogens (tertiary/aromatic N) is 1. The van der Waals surface area contributed by atoms with E-state index in [-0.39, 0.29) is 17.9 Å². The lowest BCUT2D eigenvalue weighted by atomic mass is 9.98. The van der Waals surface area contributed by atoms with Gasteiger partial charge in [0, 0.05) is 18.7 Å². The monoisotopic (exact) mass is 276 g/mol. The molecule has 1 aromatic rings. The summed E-state index contributed by atoms with van der Waals surface area (Å²) < 4.78 is 11.2. The van der Waals surface area contributed by atoms with Crippen LogP contribution in [0.4, 0.5) is 11.4 Å². The molecule has 0 aromatic heterocycles. The summed E-state index contributed by atoms with van der Waals surface area (Å²) in [5.41, 5.74) is 1.81. The first-order chi connectivity index (χ1) is 9.61. The Balaban J connectivity index is 2.06. The number of carbonyl (C=O) groups excluding carboxylic acids is 1. The molecule has 5 heteroatoms. The second-order valence-corrected chi connectivity index (χ2v) is 5.46. The van der Waals surface area contributed by atoms with Crippen molar-refractivity contribution in [2.24, 2.45) is 5.92 Å². The summed E-state index contributed by atoms with van der Waals surface area (Å²) in [6.07, 6.45) is 0. The normalized spacial score (nSPS) is 20.7. The lowest BCUT2D eigenvalue weighted by Gasteiger charge is -2.37. The molecule has 1 atom stereocenters. The predicted octanol–water partition coefficient (Wildman–Crippen LogP) is 2.26. The van der Waals surface area contributed by atoms with Gasteiger partial charge in [0.05, 0.1) is 11.4 Å². The molecule has 2 aliphatic rings. The number of nitrogens with one attached hydrogen (secondary N) is 1. The molecule has 0 saturated heterocycles. The largest absolute Gasteiger partial charge is 0.486 e. The lowest BCUT2D eigenvalue weighted by molar-refractivity contribution is -0.120. The van der Waals surface area contributed by atoms with E-state index in [1.165, 1.54) is 0 Å². The lowest BCUT2D eigenvalue weighted by Crippen LogP contribution is -2.49. The molecule has 1 unspecified atom stereocenters. The third kappa shape index (κ3) is 1.97. The van der Waals surface area contributed by atoms with Crippen LogP contribution in [0.5, 0.6) is 11.5 Å². The second kappa shape index (κ2) is 4.89. The van der Waals surface area contributed by atoms with Gasteiger partial charge in [-0.2, -0.15) is 0 Å². The van der Waals surface area contributed by atoms with Gasteiger partial charge < -0.3 is 19.7 Å². The first kappa shape index (κ1) is 13.1. The highest BCUT2D eigenvalue weighted by Crippen LogP contribution is 2.42. The smallest absolute Gasteiger partial charge is 0.249 e. The molecule has 2 heterocycles. The van der Waals surface area contributed by atoms with E-state index in [9.17, 15) is 4.79 Å². The molecule has 0 spiro atoms. The van der Waals surface area contributed by atoms with E-state index in [2.05, 4.69) is 5.32 Å². The molecular weight excluding hydrogens is 256 g/mol. The Bertz CT molecular complexity index is 542. The Kier molecular flexibility index (Phi) is 3.20. The summed E-state index contributed by atoms with van der Waals surface area (Å²) in [6.45, 7) is 7.85. The summed E-state index contributed by atoms with van der Waals surface area (Å²) in [5.74, 6) is 1.81. The van der Waals surface area contributed by atoms with Crippen LogP contribution in [0.25, 0.3) is 0 Å². The minimum atomic E-state index is -0.190. The molecule has 3 rings (SSSR count). The van der Waals surface area contributed by atoms with Gasteiger partial charge in [-0.1, -0.05) is 13.8 Å². The number of likely N-dealkylation sites (N-methyl/N-ethyl adjacent to an activating group) is 1. The van der Waals surface area contributed by atoms with Crippen molar-refractivity contribution in [2.45, 2.75) is 26.8 Å². The summed E-state index contributed by atoms with van der Waals surface area (Å²) in [7, 11) is 0. The van der Waals surface area contributed by atoms with Gasteiger partial charge in [-0.25, -0.2) is 0 Å². The topological polar surface area (TPSA) is 50.8 Å². The van der Waals surface area contributed by atoms with Crippen molar-refractivity contribution >= 4 is 17.3 Å². The molecule has 0 radical (unpaired) electrons. The fourth-order valence-electron chi connectivity index (χ4n) is 2.71. The van der Waals surface area contributed by atoms with E-state index in [0.29, 0.717) is 25.5 Å². The standard InChI is InChI=1S/C15H20N2O3/c1-4-17-11-8-13-12(19-5-6-20-13)7-10(11)16-14(9(2)3)15(17)18/h7-9,14,16H,4-6H2,1-3H3. The first-order valence-electron chi connectivity index (χ1n) is 7.13. The molecule has 1 N–H and O–H groups in total. The molecule has 1 aromatic carbocycles. The second-order valence-electron chi connectivity index (χ2n) is 5.46. The molecule has 0 bridgehead atoms. The van der Waals surface area contributed by atoms with E-state index in [4.69, 9.17) is 9.47 Å². The predicted molar refractivity (Wildman–Crippen MR) is 77.7 cm³/mol. The van der Waals surface area contributed by atoms with Gasteiger partial charge in [0.15, 0.2) is 11.5 Å². The van der Waals surface area contributed by atoms with E-state index in [1.54, 1.807) is 0 Å². The maximum absolute atomic E-state index is 12.5. The molecule has 0 fully saturated rings. The van der Waals surface area contributed by atoms with Gasteiger partial charge in [0.2, 0.25) is 5.91 Å². The van der Waals surface area contributed by atoms with Gasteiger partial charge in [0.1, 0.15) is 19.3 Å². The van der Waals surface area contributed by atoms with Gasteiger partial charge in [-0.05, 0) is 12.8 Å². The van der Waals surface area contributed by atoms with E-state index >= 15 is 0 Å². The quantitative estimate of drug-likeness (QED) is 0.900. The van der Waals surface area contributed by atoms with Crippen LogP contribution in [-0.4, -0.2) is 31.7 Å². The minimum Gasteiger partial charge on any atom is -0.486 e. The number of hydrogen-bond acceptors (Lipinski definition) is 4. The average molecular weight is 276 g/mol. The summed E-state index contributed by atoms with van der Waals surface area (Å²) in [6, 6.07) is 3.65. The van der Waals surface area contributed by atoms with Gasteiger partial charge in [0.25, 0.3) is 0 Å². The summed E-state index contributed by atoms with van der Waals surface area (Å²) in [5, 5.41) is 3.33. The van der Waals surface area contributed by atoms with Crippen LogP contribution in [0, 0.1) is 5.92 Å². The number of rotatable bonds is 2. The van der Waals surface area contributed by atoms with Crippen LogP contribution in [0.15, 0.2) is 12.1 Å². The van der Waals surface area contributed by atoms with E-state index < -0.39 is 0 Å². The maximum atomic E-state index is 12.5. The third-order valence-corrected chi connectivity index (χ3v) is 3.78. The van der Waals surface area contributed by atoms with E-state index in [1.807, 2.05) is 37.8 Å². The molecule has 2 aliphatic heterocycles. The number of amides is 1. The zero-order valence-corrected chi connectivity index (χ0v) is 12.1. The highest BCUT2D eigenvalue weighted by Gasteiger charge is 2.34. The fourth-order valence-corrected chi connectivity index (χ4v) is 2.71. The summed E-state index contributed by atoms with van der Waals surface area (Å²) in [4.78, 5) is 14.3. The van der Waals surface area contributed by atoms with Crippen LogP contribution < -0.4 is 19.7 Å². The van der Waals surface area contributed by atoms with Gasteiger partial charge >= 0.3 is 0 Å². The average Bonchev–Trinajstić information content (AvgIpc) is 2.44. The number of benzene rings is 1. The third-order valence-electron chi connectivity index (χ3n) is 3.78. The van der Waals surface area contributed by atoms with Crippen molar-refractivity contribution in [3.8, 4) is 11.5 Å². The van der Waals surface area contributed by atoms with Gasteiger partial charge in [-0.3, -0.25) is 4.79 Å². The molecule has 108 valence electrons. The Labute approximate surface area is 118 Å². The zero-order chi connectivity index (χ0) is 14.3. The van der Waals surface area contributed by atoms with Crippen molar-refractivity contribution < 1.29 is 14.3 Å². The van der Waals surface area contributed by atoms with Crippen LogP contribution >= 0.6 is 0 Å². The Hall–Kier alpha value is -1.91. The van der Waals surface area contributed by atoms with Crippen LogP contribution in [-0.2, 0) is 4.79 Å². The molecule has 20 heavy (non-hydrogen) atoms. The van der Waals surface area contributed by atoms with E-state index in [0.717, 1.165) is 17.1 Å². The molecule has 0 aliphatic carbocycles. The minimum absolute atomic E-state index is 0.117. The zero-order valence-electron chi connectivity index (χ0n) is 12.1. The van der Waals surface area contributed by atoms with Crippen molar-refractivity contribution in [3.05, 3.63) is 12.1 Å². The van der Waals surface area contributed by atoms with Crippen LogP contribution in [0.2, 0.25) is 0 Å². The maximum Gasteiger partial charge on any atom is 0.249 e. The Morgan fingerprint density at radius 3 is 2.55 bits per heavy atom. The number of anilines is 2. The SMILES string of the molecule is CCN1C(=O)C(C(C)C)Nc2cc3c(cc21)OCCO3. The highest BCUT2D eigenvalue weighted by molar-refractivity contribution is 6.05.